The Morgan fingerprint density at radius 2 is 1.91 bits per heavy atom. The van der Waals surface area contributed by atoms with Gasteiger partial charge in [-0.3, -0.25) is 0 Å². The van der Waals surface area contributed by atoms with Crippen LogP contribution in [-0.2, 0) is 6.42 Å². The summed E-state index contributed by atoms with van der Waals surface area (Å²) in [5.74, 6) is 1.23. The highest BCUT2D eigenvalue weighted by Crippen LogP contribution is 2.39. The van der Waals surface area contributed by atoms with Crippen LogP contribution < -0.4 is 10.1 Å². The van der Waals surface area contributed by atoms with Crippen LogP contribution in [0.1, 0.15) is 29.0 Å². The van der Waals surface area contributed by atoms with Gasteiger partial charge in [-0.15, -0.1) is 0 Å². The van der Waals surface area contributed by atoms with Gasteiger partial charge in [0.05, 0.1) is 17.2 Å². The fourth-order valence-electron chi connectivity index (χ4n) is 3.25. The van der Waals surface area contributed by atoms with Crippen molar-refractivity contribution in [1.29, 1.82) is 0 Å². The highest BCUT2D eigenvalue weighted by atomic mass is 35.5. The van der Waals surface area contributed by atoms with Crippen LogP contribution in [-0.4, -0.2) is 20.2 Å². The SMILES string of the molecule is CN[C@H]1Cc2cc(OC)ccc2[C@H](c2ccc(Cl)c(Cl)c2)C1. The minimum absolute atomic E-state index is 0.321. The van der Waals surface area contributed by atoms with Gasteiger partial charge in [0.25, 0.3) is 0 Å². The standard InChI is InChI=1S/C18H19Cl2NO/c1-21-13-7-12-8-14(22-2)4-5-15(12)16(10-13)11-3-6-17(19)18(20)9-11/h3-6,8-9,13,16,21H,7,10H2,1-2H3/t13-,16-/m0/s1. The summed E-state index contributed by atoms with van der Waals surface area (Å²) in [4.78, 5) is 0. The van der Waals surface area contributed by atoms with E-state index in [1.165, 1.54) is 16.7 Å². The van der Waals surface area contributed by atoms with Gasteiger partial charge in [-0.2, -0.15) is 0 Å². The molecule has 2 nitrogen and oxygen atoms in total. The monoisotopic (exact) mass is 335 g/mol. The lowest BCUT2D eigenvalue weighted by Crippen LogP contribution is -2.34. The van der Waals surface area contributed by atoms with Crippen molar-refractivity contribution in [3.8, 4) is 5.75 Å². The summed E-state index contributed by atoms with van der Waals surface area (Å²) in [6, 6.07) is 12.7. The number of hydrogen-bond donors (Lipinski definition) is 1. The molecule has 0 radical (unpaired) electrons. The van der Waals surface area contributed by atoms with Gasteiger partial charge >= 0.3 is 0 Å². The van der Waals surface area contributed by atoms with Crippen molar-refractivity contribution in [3.63, 3.8) is 0 Å². The summed E-state index contributed by atoms with van der Waals surface area (Å²) >= 11 is 12.3. The molecule has 1 aliphatic carbocycles. The molecular formula is C18H19Cl2NO. The molecule has 0 saturated carbocycles. The Kier molecular flexibility index (Phi) is 4.62. The number of hydrogen-bond acceptors (Lipinski definition) is 2. The Bertz CT molecular complexity index is 687. The van der Waals surface area contributed by atoms with E-state index >= 15 is 0 Å². The molecule has 0 bridgehead atoms. The molecule has 3 rings (SSSR count). The fourth-order valence-corrected chi connectivity index (χ4v) is 3.56. The van der Waals surface area contributed by atoms with Crippen molar-refractivity contribution in [1.82, 2.24) is 5.32 Å². The minimum atomic E-state index is 0.321. The highest BCUT2D eigenvalue weighted by molar-refractivity contribution is 6.42. The van der Waals surface area contributed by atoms with Crippen LogP contribution in [0.25, 0.3) is 0 Å². The molecular weight excluding hydrogens is 317 g/mol. The van der Waals surface area contributed by atoms with Crippen molar-refractivity contribution in [2.45, 2.75) is 24.8 Å². The zero-order valence-electron chi connectivity index (χ0n) is 12.7. The Balaban J connectivity index is 2.05. The van der Waals surface area contributed by atoms with E-state index in [1.807, 2.05) is 25.2 Å². The number of halogens is 2. The predicted octanol–water partition coefficient (Wildman–Crippen LogP) is 4.67. The predicted molar refractivity (Wildman–Crippen MR) is 92.5 cm³/mol. The molecule has 4 heteroatoms. The first kappa shape index (κ1) is 15.7. The highest BCUT2D eigenvalue weighted by Gasteiger charge is 2.28. The van der Waals surface area contributed by atoms with Crippen LogP contribution in [0.5, 0.6) is 5.75 Å². The topological polar surface area (TPSA) is 21.3 Å². The van der Waals surface area contributed by atoms with Crippen LogP contribution in [0.2, 0.25) is 10.0 Å². The van der Waals surface area contributed by atoms with E-state index in [0.29, 0.717) is 22.0 Å². The third kappa shape index (κ3) is 2.96. The Morgan fingerprint density at radius 3 is 2.59 bits per heavy atom. The second kappa shape index (κ2) is 6.49. The van der Waals surface area contributed by atoms with E-state index in [2.05, 4.69) is 23.5 Å². The smallest absolute Gasteiger partial charge is 0.119 e. The third-order valence-electron chi connectivity index (χ3n) is 4.47. The molecule has 2 aromatic carbocycles. The second-order valence-electron chi connectivity index (χ2n) is 5.72. The maximum atomic E-state index is 6.21. The molecule has 0 aliphatic heterocycles. The molecule has 2 atom stereocenters. The second-order valence-corrected chi connectivity index (χ2v) is 6.53. The summed E-state index contributed by atoms with van der Waals surface area (Å²) in [6.45, 7) is 0. The molecule has 0 saturated heterocycles. The van der Waals surface area contributed by atoms with Gasteiger partial charge in [0, 0.05) is 12.0 Å². The Hall–Kier alpha value is -1.22. The maximum Gasteiger partial charge on any atom is 0.119 e. The molecule has 2 aromatic rings. The van der Waals surface area contributed by atoms with Gasteiger partial charge in [-0.25, -0.2) is 0 Å². The summed E-state index contributed by atoms with van der Waals surface area (Å²) < 4.78 is 5.37. The van der Waals surface area contributed by atoms with E-state index in [1.54, 1.807) is 7.11 Å². The lowest BCUT2D eigenvalue weighted by Gasteiger charge is -2.32. The van der Waals surface area contributed by atoms with E-state index in [4.69, 9.17) is 27.9 Å². The van der Waals surface area contributed by atoms with Crippen LogP contribution >= 0.6 is 23.2 Å². The third-order valence-corrected chi connectivity index (χ3v) is 5.21. The van der Waals surface area contributed by atoms with Crippen LogP contribution in [0.3, 0.4) is 0 Å². The van der Waals surface area contributed by atoms with Gasteiger partial charge in [-0.05, 0) is 60.8 Å². The minimum Gasteiger partial charge on any atom is -0.497 e. The number of fused-ring (bicyclic) bond motifs is 1. The molecule has 22 heavy (non-hydrogen) atoms. The number of benzene rings is 2. The molecule has 0 spiro atoms. The van der Waals surface area contributed by atoms with Crippen molar-refractivity contribution in [2.24, 2.45) is 0 Å². The quantitative estimate of drug-likeness (QED) is 0.880. The molecule has 0 heterocycles. The van der Waals surface area contributed by atoms with Crippen LogP contribution in [0.15, 0.2) is 36.4 Å². The molecule has 1 aliphatic rings. The maximum absolute atomic E-state index is 6.21. The van der Waals surface area contributed by atoms with Gasteiger partial charge in [0.15, 0.2) is 0 Å². The Labute approximate surface area is 141 Å². The van der Waals surface area contributed by atoms with Gasteiger partial charge in [-0.1, -0.05) is 35.3 Å². The number of likely N-dealkylation sites (N-methyl/N-ethyl adjacent to an activating group) is 1. The van der Waals surface area contributed by atoms with Crippen molar-refractivity contribution in [3.05, 3.63) is 63.1 Å². The van der Waals surface area contributed by atoms with Crippen LogP contribution in [0.4, 0.5) is 0 Å². The average Bonchev–Trinajstić information content (AvgIpc) is 2.55. The van der Waals surface area contributed by atoms with Gasteiger partial charge in [0.1, 0.15) is 5.75 Å². The molecule has 0 unspecified atom stereocenters. The largest absolute Gasteiger partial charge is 0.497 e. The van der Waals surface area contributed by atoms with Crippen molar-refractivity contribution < 1.29 is 4.74 Å². The first-order chi connectivity index (χ1) is 10.6. The molecule has 0 fully saturated rings. The van der Waals surface area contributed by atoms with Crippen molar-refractivity contribution >= 4 is 23.2 Å². The summed E-state index contributed by atoms with van der Waals surface area (Å²) in [7, 11) is 3.72. The first-order valence-electron chi connectivity index (χ1n) is 7.41. The summed E-state index contributed by atoms with van der Waals surface area (Å²) in [5.41, 5.74) is 3.90. The van der Waals surface area contributed by atoms with E-state index in [0.717, 1.165) is 18.6 Å². The number of methoxy groups -OCH3 is 1. The Morgan fingerprint density at radius 1 is 1.09 bits per heavy atom. The zero-order valence-corrected chi connectivity index (χ0v) is 14.2. The molecule has 0 aromatic heterocycles. The number of rotatable bonds is 3. The average molecular weight is 336 g/mol. The molecule has 116 valence electrons. The number of nitrogens with one attached hydrogen (secondary N) is 1. The normalized spacial score (nSPS) is 20.5. The van der Waals surface area contributed by atoms with E-state index in [-0.39, 0.29) is 0 Å². The van der Waals surface area contributed by atoms with E-state index < -0.39 is 0 Å². The summed E-state index contributed by atoms with van der Waals surface area (Å²) in [5, 5.41) is 4.62. The van der Waals surface area contributed by atoms with Crippen molar-refractivity contribution in [2.75, 3.05) is 14.2 Å². The van der Waals surface area contributed by atoms with Gasteiger partial charge < -0.3 is 10.1 Å². The lowest BCUT2D eigenvalue weighted by atomic mass is 9.76. The van der Waals surface area contributed by atoms with Crippen LogP contribution in [0, 0.1) is 0 Å². The lowest BCUT2D eigenvalue weighted by molar-refractivity contribution is 0.410. The fraction of sp³-hybridized carbons (Fsp3) is 0.333. The first-order valence-corrected chi connectivity index (χ1v) is 8.17. The molecule has 0 amide bonds. The van der Waals surface area contributed by atoms with Gasteiger partial charge in [0.2, 0.25) is 0 Å². The zero-order chi connectivity index (χ0) is 15.7. The molecule has 1 N–H and O–H groups in total. The summed E-state index contributed by atoms with van der Waals surface area (Å²) in [6.07, 6.45) is 2.06. The van der Waals surface area contributed by atoms with E-state index in [9.17, 15) is 0 Å². The number of ether oxygens (including phenoxy) is 1.